The monoisotopic (exact) mass is 287 g/mol. The quantitative estimate of drug-likeness (QED) is 0.818. The molecular formula is C13H18ClNO2S. The number of rotatable bonds is 6. The minimum Gasteiger partial charge on any atom is -0.211 e. The van der Waals surface area contributed by atoms with E-state index in [0.29, 0.717) is 23.2 Å². The van der Waals surface area contributed by atoms with Gasteiger partial charge in [0, 0.05) is 12.4 Å². The van der Waals surface area contributed by atoms with Gasteiger partial charge in [-0.1, -0.05) is 31.4 Å². The Morgan fingerprint density at radius 3 is 2.39 bits per heavy atom. The summed E-state index contributed by atoms with van der Waals surface area (Å²) in [5.41, 5.74) is 0.921. The zero-order chi connectivity index (χ0) is 13.0. The Hall–Kier alpha value is -0.580. The van der Waals surface area contributed by atoms with Gasteiger partial charge in [0.05, 0.1) is 4.90 Å². The molecular weight excluding hydrogens is 270 g/mol. The van der Waals surface area contributed by atoms with Crippen LogP contribution in [0.25, 0.3) is 0 Å². The number of hydrogen-bond acceptors (Lipinski definition) is 2. The Bertz CT molecular complexity index is 480. The lowest BCUT2D eigenvalue weighted by Gasteiger charge is -2.25. The average molecular weight is 288 g/mol. The van der Waals surface area contributed by atoms with Crippen LogP contribution in [0.15, 0.2) is 29.2 Å². The van der Waals surface area contributed by atoms with Crippen molar-refractivity contribution in [3.63, 3.8) is 0 Å². The summed E-state index contributed by atoms with van der Waals surface area (Å²) in [5, 5.41) is 0. The molecule has 1 saturated carbocycles. The molecule has 1 fully saturated rings. The summed E-state index contributed by atoms with van der Waals surface area (Å²) in [6, 6.07) is 6.69. The lowest BCUT2D eigenvalue weighted by atomic mass is 9.83. The van der Waals surface area contributed by atoms with Crippen LogP contribution in [0.2, 0.25) is 0 Å². The van der Waals surface area contributed by atoms with Crippen LogP contribution < -0.4 is 4.72 Å². The molecule has 18 heavy (non-hydrogen) atoms. The van der Waals surface area contributed by atoms with Crippen molar-refractivity contribution >= 4 is 21.6 Å². The molecule has 0 heterocycles. The van der Waals surface area contributed by atoms with Crippen LogP contribution in [0, 0.1) is 5.92 Å². The number of benzene rings is 1. The van der Waals surface area contributed by atoms with E-state index < -0.39 is 10.0 Å². The van der Waals surface area contributed by atoms with E-state index in [1.807, 2.05) is 0 Å². The summed E-state index contributed by atoms with van der Waals surface area (Å²) in [4.78, 5) is 0.310. The number of sulfonamides is 1. The van der Waals surface area contributed by atoms with Gasteiger partial charge in [-0.2, -0.15) is 0 Å². The first kappa shape index (κ1) is 13.8. The van der Waals surface area contributed by atoms with Crippen LogP contribution in [-0.4, -0.2) is 15.0 Å². The molecule has 0 spiro atoms. The Labute approximate surface area is 114 Å². The van der Waals surface area contributed by atoms with Crippen LogP contribution in [0.4, 0.5) is 0 Å². The average Bonchev–Trinajstić information content (AvgIpc) is 2.32. The second-order valence-corrected chi connectivity index (χ2v) is 6.80. The second-order valence-electron chi connectivity index (χ2n) is 4.76. The Morgan fingerprint density at radius 2 is 1.89 bits per heavy atom. The number of nitrogens with one attached hydrogen (secondary N) is 1. The van der Waals surface area contributed by atoms with Crippen LogP contribution in [0.3, 0.4) is 0 Å². The molecule has 5 heteroatoms. The van der Waals surface area contributed by atoms with Gasteiger partial charge in [0.2, 0.25) is 10.0 Å². The molecule has 0 radical (unpaired) electrons. The predicted molar refractivity (Wildman–Crippen MR) is 73.1 cm³/mol. The smallest absolute Gasteiger partial charge is 0.211 e. The highest BCUT2D eigenvalue weighted by molar-refractivity contribution is 7.89. The van der Waals surface area contributed by atoms with E-state index in [2.05, 4.69) is 4.72 Å². The maximum absolute atomic E-state index is 12.0. The van der Waals surface area contributed by atoms with E-state index >= 15 is 0 Å². The number of halogens is 1. The van der Waals surface area contributed by atoms with Crippen LogP contribution >= 0.6 is 11.6 Å². The minimum absolute atomic E-state index is 0.310. The molecule has 0 bridgehead atoms. The van der Waals surface area contributed by atoms with Crippen molar-refractivity contribution in [1.82, 2.24) is 4.72 Å². The maximum Gasteiger partial charge on any atom is 0.240 e. The van der Waals surface area contributed by atoms with Crippen molar-refractivity contribution in [3.05, 3.63) is 29.8 Å². The highest BCUT2D eigenvalue weighted by Crippen LogP contribution is 2.28. The fourth-order valence-corrected chi connectivity index (χ4v) is 3.25. The van der Waals surface area contributed by atoms with E-state index in [1.54, 1.807) is 24.3 Å². The van der Waals surface area contributed by atoms with Gasteiger partial charge in [0.15, 0.2) is 0 Å². The van der Waals surface area contributed by atoms with Crippen molar-refractivity contribution in [2.24, 2.45) is 5.92 Å². The van der Waals surface area contributed by atoms with Crippen molar-refractivity contribution < 1.29 is 8.42 Å². The summed E-state index contributed by atoms with van der Waals surface area (Å²) in [6.45, 7) is 0.532. The van der Waals surface area contributed by atoms with Crippen molar-refractivity contribution in [2.75, 3.05) is 6.54 Å². The number of hydrogen-bond donors (Lipinski definition) is 1. The van der Waals surface area contributed by atoms with Crippen LogP contribution in [0.1, 0.15) is 31.2 Å². The summed E-state index contributed by atoms with van der Waals surface area (Å²) in [5.74, 6) is 1.11. The van der Waals surface area contributed by atoms with Gasteiger partial charge in [-0.15, -0.1) is 11.6 Å². The van der Waals surface area contributed by atoms with Gasteiger partial charge in [-0.3, -0.25) is 0 Å². The highest BCUT2D eigenvalue weighted by Gasteiger charge is 2.19. The first-order chi connectivity index (χ1) is 8.62. The third kappa shape index (κ3) is 3.46. The van der Waals surface area contributed by atoms with Gasteiger partial charge in [0.1, 0.15) is 0 Å². The molecule has 100 valence electrons. The summed E-state index contributed by atoms with van der Waals surface area (Å²) < 4.78 is 26.6. The van der Waals surface area contributed by atoms with Crippen molar-refractivity contribution in [3.8, 4) is 0 Å². The van der Waals surface area contributed by atoms with Crippen LogP contribution in [0.5, 0.6) is 0 Å². The Balaban J connectivity index is 1.91. The molecule has 3 nitrogen and oxygen atoms in total. The summed E-state index contributed by atoms with van der Waals surface area (Å²) >= 11 is 5.67. The predicted octanol–water partition coefficient (Wildman–Crippen LogP) is 2.89. The lowest BCUT2D eigenvalue weighted by Crippen LogP contribution is -2.27. The molecule has 0 saturated heterocycles. The van der Waals surface area contributed by atoms with Crippen molar-refractivity contribution in [1.29, 1.82) is 0 Å². The topological polar surface area (TPSA) is 46.2 Å². The summed E-state index contributed by atoms with van der Waals surface area (Å²) in [6.07, 6.45) is 4.72. The zero-order valence-corrected chi connectivity index (χ0v) is 11.8. The van der Waals surface area contributed by atoms with Gasteiger partial charge < -0.3 is 0 Å². The molecule has 1 aromatic carbocycles. The fourth-order valence-electron chi connectivity index (χ4n) is 2.02. The third-order valence-corrected chi connectivity index (χ3v) is 5.24. The first-order valence-corrected chi connectivity index (χ1v) is 8.28. The number of alkyl halides is 1. The minimum atomic E-state index is -3.36. The zero-order valence-electron chi connectivity index (χ0n) is 10.2. The Morgan fingerprint density at radius 1 is 1.22 bits per heavy atom. The van der Waals surface area contributed by atoms with Gasteiger partial charge >= 0.3 is 0 Å². The van der Waals surface area contributed by atoms with E-state index in [9.17, 15) is 8.42 Å². The largest absolute Gasteiger partial charge is 0.240 e. The van der Waals surface area contributed by atoms with E-state index in [1.165, 1.54) is 19.3 Å². The van der Waals surface area contributed by atoms with Crippen molar-refractivity contribution in [2.45, 2.75) is 36.5 Å². The molecule has 0 atom stereocenters. The van der Waals surface area contributed by atoms with Gasteiger partial charge in [0.25, 0.3) is 0 Å². The fraction of sp³-hybridized carbons (Fsp3) is 0.538. The SMILES string of the molecule is O=S(=O)(NCCC1CCC1)c1ccc(CCl)cc1. The lowest BCUT2D eigenvalue weighted by molar-refractivity contribution is 0.297. The molecule has 2 rings (SSSR count). The molecule has 1 N–H and O–H groups in total. The van der Waals surface area contributed by atoms with Gasteiger partial charge in [-0.25, -0.2) is 13.1 Å². The molecule has 1 aliphatic rings. The van der Waals surface area contributed by atoms with E-state index in [-0.39, 0.29) is 0 Å². The Kier molecular flexibility index (Phi) is 4.65. The molecule has 0 aromatic heterocycles. The van der Waals surface area contributed by atoms with E-state index in [0.717, 1.165) is 12.0 Å². The molecule has 1 aliphatic carbocycles. The van der Waals surface area contributed by atoms with Gasteiger partial charge in [-0.05, 0) is 30.0 Å². The molecule has 0 aliphatic heterocycles. The second kappa shape index (κ2) is 6.04. The maximum atomic E-state index is 12.0. The molecule has 0 unspecified atom stereocenters. The first-order valence-electron chi connectivity index (χ1n) is 6.26. The van der Waals surface area contributed by atoms with Crippen LogP contribution in [-0.2, 0) is 15.9 Å². The third-order valence-electron chi connectivity index (χ3n) is 3.46. The van der Waals surface area contributed by atoms with E-state index in [4.69, 9.17) is 11.6 Å². The standard InChI is InChI=1S/C13H18ClNO2S/c14-10-12-4-6-13(7-5-12)18(16,17)15-9-8-11-2-1-3-11/h4-7,11,15H,1-3,8-10H2. The molecule has 0 amide bonds. The highest BCUT2D eigenvalue weighted by atomic mass is 35.5. The normalized spacial score (nSPS) is 16.5. The summed E-state index contributed by atoms with van der Waals surface area (Å²) in [7, 11) is -3.36. The molecule has 1 aromatic rings.